The van der Waals surface area contributed by atoms with Crippen LogP contribution in [0.4, 0.5) is 5.13 Å². The highest BCUT2D eigenvalue weighted by atomic mass is 32.1. The van der Waals surface area contributed by atoms with Crippen LogP contribution in [0.3, 0.4) is 0 Å². The van der Waals surface area contributed by atoms with Crippen molar-refractivity contribution in [1.29, 1.82) is 0 Å². The van der Waals surface area contributed by atoms with Crippen LogP contribution in [0.15, 0.2) is 42.7 Å². The van der Waals surface area contributed by atoms with E-state index in [9.17, 15) is 4.79 Å². The Morgan fingerprint density at radius 2 is 2.03 bits per heavy atom. The van der Waals surface area contributed by atoms with Crippen molar-refractivity contribution in [3.05, 3.63) is 48.3 Å². The summed E-state index contributed by atoms with van der Waals surface area (Å²) in [6.07, 6.45) is 5.73. The number of nitrogens with one attached hydrogen (secondary N) is 1. The number of anilines is 1. The van der Waals surface area contributed by atoms with E-state index in [1.807, 2.05) is 54.2 Å². The minimum Gasteiger partial charge on any atom is -0.493 e. The van der Waals surface area contributed by atoms with Crippen LogP contribution in [0.2, 0.25) is 0 Å². The van der Waals surface area contributed by atoms with Crippen LogP contribution in [0.25, 0.3) is 5.13 Å². The number of aromatic nitrogens is 3. The molecular formula is C22H27N5O3S. The fourth-order valence-electron chi connectivity index (χ4n) is 3.70. The third-order valence-corrected chi connectivity index (χ3v) is 6.28. The van der Waals surface area contributed by atoms with E-state index in [0.717, 1.165) is 35.2 Å². The highest BCUT2D eigenvalue weighted by Gasteiger charge is 2.27. The van der Waals surface area contributed by atoms with Gasteiger partial charge in [0, 0.05) is 32.0 Å². The Morgan fingerprint density at radius 3 is 2.81 bits per heavy atom. The average molecular weight is 442 g/mol. The van der Waals surface area contributed by atoms with Crippen molar-refractivity contribution < 1.29 is 14.3 Å². The van der Waals surface area contributed by atoms with Gasteiger partial charge in [-0.05, 0) is 49.6 Å². The Labute approximate surface area is 185 Å². The van der Waals surface area contributed by atoms with Crippen molar-refractivity contribution in [3.63, 3.8) is 0 Å². The van der Waals surface area contributed by atoms with Crippen LogP contribution in [-0.2, 0) is 11.3 Å². The van der Waals surface area contributed by atoms with Crippen LogP contribution in [0, 0.1) is 5.92 Å². The van der Waals surface area contributed by atoms with Crippen molar-refractivity contribution in [1.82, 2.24) is 20.1 Å². The summed E-state index contributed by atoms with van der Waals surface area (Å²) in [4.78, 5) is 15.0. The molecule has 8 nitrogen and oxygen atoms in total. The number of carbonyl (C=O) groups is 1. The lowest BCUT2D eigenvalue weighted by Crippen LogP contribution is -2.43. The van der Waals surface area contributed by atoms with Crippen LogP contribution < -0.4 is 19.7 Å². The molecule has 3 aromatic rings. The normalized spacial score (nSPS) is 16.2. The summed E-state index contributed by atoms with van der Waals surface area (Å²) >= 11 is 1.54. The zero-order valence-corrected chi connectivity index (χ0v) is 18.6. The Hall–Kier alpha value is -3.07. The number of nitrogens with zero attached hydrogens (tertiary/aromatic N) is 4. The fourth-order valence-corrected chi connectivity index (χ4v) is 4.55. The van der Waals surface area contributed by atoms with Gasteiger partial charge in [0.1, 0.15) is 0 Å². The van der Waals surface area contributed by atoms with Crippen molar-refractivity contribution >= 4 is 22.4 Å². The summed E-state index contributed by atoms with van der Waals surface area (Å²) in [6, 6.07) is 9.65. The van der Waals surface area contributed by atoms with Gasteiger partial charge in [-0.3, -0.25) is 9.36 Å². The average Bonchev–Trinajstić information content (AvgIpc) is 3.50. The minimum absolute atomic E-state index is 0.0627. The van der Waals surface area contributed by atoms with Crippen molar-refractivity contribution in [2.75, 3.05) is 31.7 Å². The summed E-state index contributed by atoms with van der Waals surface area (Å²) in [5, 5.41) is 13.4. The Balaban J connectivity index is 1.35. The van der Waals surface area contributed by atoms with Gasteiger partial charge in [0.2, 0.25) is 16.2 Å². The molecule has 0 radical (unpaired) electrons. The number of amides is 1. The number of rotatable bonds is 8. The second kappa shape index (κ2) is 9.82. The summed E-state index contributed by atoms with van der Waals surface area (Å²) < 4.78 is 12.9. The quantitative estimate of drug-likeness (QED) is 0.578. The molecule has 1 N–H and O–H groups in total. The molecule has 1 aliphatic heterocycles. The molecule has 3 heterocycles. The van der Waals surface area contributed by atoms with Crippen molar-refractivity contribution in [2.24, 2.45) is 5.92 Å². The molecule has 164 valence electrons. The predicted octanol–water partition coefficient (Wildman–Crippen LogP) is 3.27. The summed E-state index contributed by atoms with van der Waals surface area (Å²) in [6.45, 7) is 4.50. The number of hydrogen-bond acceptors (Lipinski definition) is 7. The molecule has 2 aromatic heterocycles. The predicted molar refractivity (Wildman–Crippen MR) is 120 cm³/mol. The largest absolute Gasteiger partial charge is 0.493 e. The van der Waals surface area contributed by atoms with Crippen LogP contribution in [0.5, 0.6) is 11.5 Å². The van der Waals surface area contributed by atoms with Gasteiger partial charge in [0.05, 0.1) is 19.6 Å². The van der Waals surface area contributed by atoms with Gasteiger partial charge in [0.15, 0.2) is 11.5 Å². The number of ether oxygens (including phenoxy) is 2. The first-order valence-corrected chi connectivity index (χ1v) is 11.3. The van der Waals surface area contributed by atoms with Gasteiger partial charge >= 0.3 is 0 Å². The van der Waals surface area contributed by atoms with Gasteiger partial charge in [0.25, 0.3) is 0 Å². The SMILES string of the molecule is CCOc1ccc(CNC(=O)C2CCCN(c3nnc(-n4cccc4)s3)C2)cc1OC. The Morgan fingerprint density at radius 1 is 1.23 bits per heavy atom. The molecule has 1 atom stereocenters. The number of hydrogen-bond donors (Lipinski definition) is 1. The number of carbonyl (C=O) groups excluding carboxylic acids is 1. The molecule has 1 unspecified atom stereocenters. The highest BCUT2D eigenvalue weighted by molar-refractivity contribution is 7.17. The van der Waals surface area contributed by atoms with Gasteiger partial charge in [-0.2, -0.15) is 0 Å². The lowest BCUT2D eigenvalue weighted by Gasteiger charge is -2.31. The molecule has 0 bridgehead atoms. The molecule has 0 spiro atoms. The maximum absolute atomic E-state index is 12.8. The topological polar surface area (TPSA) is 81.5 Å². The first-order chi connectivity index (χ1) is 15.2. The maximum Gasteiger partial charge on any atom is 0.225 e. The van der Waals surface area contributed by atoms with Gasteiger partial charge in [-0.1, -0.05) is 17.4 Å². The highest BCUT2D eigenvalue weighted by Crippen LogP contribution is 2.29. The Kier molecular flexibility index (Phi) is 6.71. The smallest absolute Gasteiger partial charge is 0.225 e. The van der Waals surface area contributed by atoms with Crippen LogP contribution >= 0.6 is 11.3 Å². The minimum atomic E-state index is -0.0720. The molecule has 1 aromatic carbocycles. The third kappa shape index (κ3) is 4.99. The van der Waals surface area contributed by atoms with E-state index in [1.54, 1.807) is 7.11 Å². The lowest BCUT2D eigenvalue weighted by atomic mass is 9.97. The van der Waals surface area contributed by atoms with Crippen LogP contribution in [0.1, 0.15) is 25.3 Å². The molecule has 1 amide bonds. The van der Waals surface area contributed by atoms with Crippen molar-refractivity contribution in [3.8, 4) is 16.6 Å². The Bertz CT molecular complexity index is 1000. The molecule has 0 aliphatic carbocycles. The van der Waals surface area contributed by atoms with Crippen molar-refractivity contribution in [2.45, 2.75) is 26.3 Å². The van der Waals surface area contributed by atoms with E-state index >= 15 is 0 Å². The molecule has 1 saturated heterocycles. The summed E-state index contributed by atoms with van der Waals surface area (Å²) in [7, 11) is 1.62. The standard InChI is InChI=1S/C22H27N5O3S/c1-3-30-18-9-8-16(13-19(18)29-2)14-23-20(28)17-7-6-12-27(15-17)22-25-24-21(31-22)26-10-4-5-11-26/h4-5,8-11,13,17H,3,6-7,12,14-15H2,1-2H3,(H,23,28). The van der Waals surface area contributed by atoms with Gasteiger partial charge in [-0.15, -0.1) is 10.2 Å². The van der Waals surface area contributed by atoms with E-state index in [1.165, 1.54) is 11.3 Å². The number of piperidine rings is 1. The molecule has 0 saturated carbocycles. The second-order valence-corrected chi connectivity index (χ2v) is 8.31. The molecule has 31 heavy (non-hydrogen) atoms. The van der Waals surface area contributed by atoms with E-state index in [0.29, 0.717) is 31.2 Å². The lowest BCUT2D eigenvalue weighted by molar-refractivity contribution is -0.125. The van der Waals surface area contributed by atoms with E-state index < -0.39 is 0 Å². The third-order valence-electron chi connectivity index (χ3n) is 5.29. The second-order valence-electron chi connectivity index (χ2n) is 7.38. The molecule has 1 aliphatic rings. The first kappa shape index (κ1) is 21.2. The van der Waals surface area contributed by atoms with E-state index in [-0.39, 0.29) is 11.8 Å². The number of benzene rings is 1. The zero-order valence-electron chi connectivity index (χ0n) is 17.8. The van der Waals surface area contributed by atoms with Crippen LogP contribution in [-0.4, -0.2) is 47.5 Å². The molecule has 1 fully saturated rings. The molecule has 9 heteroatoms. The zero-order chi connectivity index (χ0) is 21.6. The summed E-state index contributed by atoms with van der Waals surface area (Å²) in [5.74, 6) is 1.37. The van der Waals surface area contributed by atoms with Gasteiger partial charge in [-0.25, -0.2) is 0 Å². The number of methoxy groups -OCH3 is 1. The van der Waals surface area contributed by atoms with Gasteiger partial charge < -0.3 is 19.7 Å². The molecular weight excluding hydrogens is 414 g/mol. The maximum atomic E-state index is 12.8. The first-order valence-electron chi connectivity index (χ1n) is 10.5. The van der Waals surface area contributed by atoms with E-state index in [4.69, 9.17) is 9.47 Å². The monoisotopic (exact) mass is 441 g/mol. The van der Waals surface area contributed by atoms with E-state index in [2.05, 4.69) is 20.4 Å². The molecule has 4 rings (SSSR count). The fraction of sp³-hybridized carbons (Fsp3) is 0.409. The summed E-state index contributed by atoms with van der Waals surface area (Å²) in [5.41, 5.74) is 0.974.